The number of rotatable bonds is 3. The van der Waals surface area contributed by atoms with Gasteiger partial charge in [-0.2, -0.15) is 0 Å². The van der Waals surface area contributed by atoms with Gasteiger partial charge in [0.2, 0.25) is 0 Å². The van der Waals surface area contributed by atoms with Gasteiger partial charge in [-0.1, -0.05) is 6.42 Å². The molecule has 0 saturated carbocycles. The summed E-state index contributed by atoms with van der Waals surface area (Å²) in [6, 6.07) is 0.375. The molecule has 3 fully saturated rings. The SMILES string of the molecule is CN1CCCCC1CNC(=O)N1C2CCC1C(C(=O)O)C2. The number of fused-ring (bicyclic) bond motifs is 2. The zero-order valence-corrected chi connectivity index (χ0v) is 12.6. The van der Waals surface area contributed by atoms with Gasteiger partial charge in [0.1, 0.15) is 0 Å². The largest absolute Gasteiger partial charge is 0.481 e. The maximum Gasteiger partial charge on any atom is 0.317 e. The van der Waals surface area contributed by atoms with Crippen LogP contribution in [-0.2, 0) is 4.79 Å². The van der Waals surface area contributed by atoms with Crippen molar-refractivity contribution in [2.75, 3.05) is 20.1 Å². The minimum Gasteiger partial charge on any atom is -0.481 e. The molecular weight excluding hydrogens is 270 g/mol. The molecule has 0 radical (unpaired) electrons. The lowest BCUT2D eigenvalue weighted by Gasteiger charge is -2.33. The molecule has 0 aromatic carbocycles. The Morgan fingerprint density at radius 3 is 2.71 bits per heavy atom. The Bertz CT molecular complexity index is 428. The Kier molecular flexibility index (Phi) is 4.06. The Hall–Kier alpha value is -1.30. The standard InChI is InChI=1S/C15H25N3O3/c1-17-7-3-2-4-11(17)9-16-15(21)18-10-5-6-13(18)12(8-10)14(19)20/h10-13H,2-9H2,1H3,(H,16,21)(H,19,20). The third-order valence-electron chi connectivity index (χ3n) is 5.50. The zero-order valence-electron chi connectivity index (χ0n) is 12.6. The number of urea groups is 1. The second-order valence-corrected chi connectivity index (χ2v) is 6.70. The molecule has 2 N–H and O–H groups in total. The summed E-state index contributed by atoms with van der Waals surface area (Å²) < 4.78 is 0. The van der Waals surface area contributed by atoms with Crippen molar-refractivity contribution in [3.05, 3.63) is 0 Å². The number of carbonyl (C=O) groups is 2. The molecule has 2 bridgehead atoms. The molecule has 2 amide bonds. The van der Waals surface area contributed by atoms with E-state index in [4.69, 9.17) is 0 Å². The molecule has 3 saturated heterocycles. The first kappa shape index (κ1) is 14.6. The number of hydrogen-bond acceptors (Lipinski definition) is 3. The second-order valence-electron chi connectivity index (χ2n) is 6.70. The average molecular weight is 295 g/mol. The second kappa shape index (κ2) is 5.83. The van der Waals surface area contributed by atoms with Gasteiger partial charge < -0.3 is 20.2 Å². The summed E-state index contributed by atoms with van der Waals surface area (Å²) >= 11 is 0. The summed E-state index contributed by atoms with van der Waals surface area (Å²) in [5, 5.41) is 12.3. The maximum atomic E-state index is 12.4. The lowest BCUT2D eigenvalue weighted by atomic mass is 9.89. The van der Waals surface area contributed by atoms with Crippen molar-refractivity contribution >= 4 is 12.0 Å². The topological polar surface area (TPSA) is 72.9 Å². The quantitative estimate of drug-likeness (QED) is 0.818. The summed E-state index contributed by atoms with van der Waals surface area (Å²) in [4.78, 5) is 27.8. The molecule has 3 aliphatic heterocycles. The van der Waals surface area contributed by atoms with Crippen LogP contribution in [0.3, 0.4) is 0 Å². The van der Waals surface area contributed by atoms with E-state index in [1.54, 1.807) is 0 Å². The number of likely N-dealkylation sites (tertiary alicyclic amines) is 1. The first-order chi connectivity index (χ1) is 10.1. The van der Waals surface area contributed by atoms with Crippen LogP contribution in [0.15, 0.2) is 0 Å². The summed E-state index contributed by atoms with van der Waals surface area (Å²) in [6.07, 6.45) is 5.99. The molecule has 21 heavy (non-hydrogen) atoms. The molecule has 4 unspecified atom stereocenters. The van der Waals surface area contributed by atoms with Crippen LogP contribution in [0.5, 0.6) is 0 Å². The van der Waals surface area contributed by atoms with E-state index in [1.807, 2.05) is 4.90 Å². The lowest BCUT2D eigenvalue weighted by Crippen LogP contribution is -2.49. The number of nitrogens with zero attached hydrogens (tertiary/aromatic N) is 2. The van der Waals surface area contributed by atoms with Gasteiger partial charge in [0.15, 0.2) is 0 Å². The molecule has 0 aromatic heterocycles. The smallest absolute Gasteiger partial charge is 0.317 e. The van der Waals surface area contributed by atoms with Crippen LogP contribution in [0.1, 0.15) is 38.5 Å². The Morgan fingerprint density at radius 1 is 1.24 bits per heavy atom. The van der Waals surface area contributed by atoms with Crippen molar-refractivity contribution < 1.29 is 14.7 Å². The third kappa shape index (κ3) is 2.73. The molecule has 3 heterocycles. The Labute approximate surface area is 125 Å². The van der Waals surface area contributed by atoms with E-state index in [0.717, 1.165) is 25.8 Å². The predicted molar refractivity (Wildman–Crippen MR) is 78.1 cm³/mol. The number of carboxylic acid groups (broad SMARTS) is 1. The summed E-state index contributed by atoms with van der Waals surface area (Å²) in [6.45, 7) is 1.76. The van der Waals surface area contributed by atoms with Gasteiger partial charge >= 0.3 is 12.0 Å². The molecule has 6 nitrogen and oxygen atoms in total. The summed E-state index contributed by atoms with van der Waals surface area (Å²) in [7, 11) is 2.11. The van der Waals surface area contributed by atoms with E-state index < -0.39 is 5.97 Å². The van der Waals surface area contributed by atoms with Gasteiger partial charge in [-0.05, 0) is 45.7 Å². The molecular formula is C15H25N3O3. The van der Waals surface area contributed by atoms with Gasteiger partial charge in [0, 0.05) is 24.7 Å². The van der Waals surface area contributed by atoms with Gasteiger partial charge in [-0.25, -0.2) is 4.79 Å². The molecule has 6 heteroatoms. The van der Waals surface area contributed by atoms with Crippen LogP contribution in [0.2, 0.25) is 0 Å². The van der Waals surface area contributed by atoms with E-state index in [1.165, 1.54) is 12.8 Å². The summed E-state index contributed by atoms with van der Waals surface area (Å²) in [5.74, 6) is -1.13. The van der Waals surface area contributed by atoms with Crippen LogP contribution in [0.25, 0.3) is 0 Å². The minimum absolute atomic E-state index is 0.0646. The number of piperidine rings is 1. The molecule has 3 rings (SSSR count). The van der Waals surface area contributed by atoms with Crippen molar-refractivity contribution in [1.82, 2.24) is 15.1 Å². The van der Waals surface area contributed by atoms with Crippen LogP contribution in [0, 0.1) is 5.92 Å². The van der Waals surface area contributed by atoms with Crippen LogP contribution in [0.4, 0.5) is 4.79 Å². The van der Waals surface area contributed by atoms with Crippen molar-refractivity contribution in [3.63, 3.8) is 0 Å². The average Bonchev–Trinajstić information content (AvgIpc) is 3.04. The van der Waals surface area contributed by atoms with Crippen LogP contribution < -0.4 is 5.32 Å². The van der Waals surface area contributed by atoms with E-state index in [9.17, 15) is 14.7 Å². The van der Waals surface area contributed by atoms with Crippen LogP contribution >= 0.6 is 0 Å². The number of carbonyl (C=O) groups excluding carboxylic acids is 1. The van der Waals surface area contributed by atoms with Gasteiger partial charge in [0.25, 0.3) is 0 Å². The fourth-order valence-corrected chi connectivity index (χ4v) is 4.27. The van der Waals surface area contributed by atoms with Gasteiger partial charge in [-0.15, -0.1) is 0 Å². The van der Waals surface area contributed by atoms with Crippen LogP contribution in [-0.4, -0.2) is 65.2 Å². The van der Waals surface area contributed by atoms with E-state index >= 15 is 0 Å². The molecule has 3 aliphatic rings. The number of likely N-dealkylation sites (N-methyl/N-ethyl adjacent to an activating group) is 1. The zero-order chi connectivity index (χ0) is 15.0. The normalized spacial score (nSPS) is 36.0. The Balaban J connectivity index is 1.55. The van der Waals surface area contributed by atoms with Gasteiger partial charge in [0.05, 0.1) is 5.92 Å². The summed E-state index contributed by atoms with van der Waals surface area (Å²) in [5.41, 5.74) is 0. The maximum absolute atomic E-state index is 12.4. The molecule has 0 spiro atoms. The number of amides is 2. The highest BCUT2D eigenvalue weighted by atomic mass is 16.4. The first-order valence-electron chi connectivity index (χ1n) is 8.07. The minimum atomic E-state index is -0.757. The number of aliphatic carboxylic acids is 1. The van der Waals surface area contributed by atoms with E-state index in [2.05, 4.69) is 17.3 Å². The number of nitrogens with one attached hydrogen (secondary N) is 1. The fraction of sp³-hybridized carbons (Fsp3) is 0.867. The molecule has 0 aromatic rings. The molecule has 0 aliphatic carbocycles. The highest BCUT2D eigenvalue weighted by Gasteiger charge is 2.51. The van der Waals surface area contributed by atoms with Crippen molar-refractivity contribution in [2.24, 2.45) is 5.92 Å². The van der Waals surface area contributed by atoms with E-state index in [0.29, 0.717) is 19.0 Å². The Morgan fingerprint density at radius 2 is 2.05 bits per heavy atom. The van der Waals surface area contributed by atoms with Crippen molar-refractivity contribution in [1.29, 1.82) is 0 Å². The third-order valence-corrected chi connectivity index (χ3v) is 5.50. The highest BCUT2D eigenvalue weighted by Crippen LogP contribution is 2.41. The van der Waals surface area contributed by atoms with E-state index in [-0.39, 0.29) is 24.0 Å². The monoisotopic (exact) mass is 295 g/mol. The molecule has 4 atom stereocenters. The van der Waals surface area contributed by atoms with Crippen molar-refractivity contribution in [3.8, 4) is 0 Å². The molecule has 118 valence electrons. The lowest BCUT2D eigenvalue weighted by molar-refractivity contribution is -0.142. The highest BCUT2D eigenvalue weighted by molar-refractivity contribution is 5.79. The predicted octanol–water partition coefficient (Wildman–Crippen LogP) is 1.12. The first-order valence-corrected chi connectivity index (χ1v) is 8.07. The number of carboxylic acids is 1. The van der Waals surface area contributed by atoms with Gasteiger partial charge in [-0.3, -0.25) is 4.79 Å². The number of hydrogen-bond donors (Lipinski definition) is 2. The van der Waals surface area contributed by atoms with Crippen molar-refractivity contribution in [2.45, 2.75) is 56.7 Å². The fourth-order valence-electron chi connectivity index (χ4n) is 4.27.